The van der Waals surface area contributed by atoms with E-state index in [1.807, 2.05) is 36.4 Å². The molecule has 1 aromatic heterocycles. The highest BCUT2D eigenvalue weighted by atomic mass is 16.1. The number of rotatable bonds is 0. The van der Waals surface area contributed by atoms with Gasteiger partial charge in [-0.2, -0.15) is 0 Å². The van der Waals surface area contributed by atoms with Gasteiger partial charge < -0.3 is 0 Å². The summed E-state index contributed by atoms with van der Waals surface area (Å²) in [6, 6.07) is 11.5. The summed E-state index contributed by atoms with van der Waals surface area (Å²) in [5, 5.41) is 0. The maximum Gasteiger partial charge on any atom is 0.143 e. The highest BCUT2D eigenvalue weighted by Crippen LogP contribution is 2.11. The molecule has 0 radical (unpaired) electrons. The van der Waals surface area contributed by atoms with E-state index in [-0.39, 0.29) is 11.6 Å². The zero-order chi connectivity index (χ0) is 13.9. The summed E-state index contributed by atoms with van der Waals surface area (Å²) in [5.41, 5.74) is 3.65. The van der Waals surface area contributed by atoms with Crippen molar-refractivity contribution in [2.45, 2.75) is 25.7 Å². The molecule has 3 heteroatoms. The van der Waals surface area contributed by atoms with Crippen molar-refractivity contribution < 1.29 is 9.59 Å². The van der Waals surface area contributed by atoms with Gasteiger partial charge in [0.2, 0.25) is 0 Å². The van der Waals surface area contributed by atoms with Gasteiger partial charge in [0.15, 0.2) is 0 Å². The van der Waals surface area contributed by atoms with E-state index < -0.39 is 0 Å². The molecule has 0 unspecified atom stereocenters. The molecule has 2 aliphatic carbocycles. The van der Waals surface area contributed by atoms with Crippen LogP contribution in [0.25, 0.3) is 0 Å². The lowest BCUT2D eigenvalue weighted by atomic mass is 9.99. The van der Waals surface area contributed by atoms with Crippen LogP contribution in [0, 0.1) is 0 Å². The highest BCUT2D eigenvalue weighted by Gasteiger charge is 2.10. The Morgan fingerprint density at radius 3 is 1.70 bits per heavy atom. The fraction of sp³-hybridized carbons (Fsp3) is 0.235. The van der Waals surface area contributed by atoms with Crippen LogP contribution in [-0.4, -0.2) is 16.6 Å². The van der Waals surface area contributed by atoms with Crippen molar-refractivity contribution in [1.29, 1.82) is 0 Å². The van der Waals surface area contributed by atoms with Gasteiger partial charge in [0.1, 0.15) is 11.6 Å². The molecule has 2 aliphatic heterocycles. The molecular formula is C17H15NO2. The number of ketones is 2. The van der Waals surface area contributed by atoms with Crippen LogP contribution in [0.5, 0.6) is 0 Å². The first-order valence-corrected chi connectivity index (χ1v) is 6.74. The quantitative estimate of drug-likeness (QED) is 0.733. The van der Waals surface area contributed by atoms with E-state index in [4.69, 9.17) is 0 Å². The normalized spacial score (nSPS) is 15.4. The van der Waals surface area contributed by atoms with Gasteiger partial charge in [-0.3, -0.25) is 14.6 Å². The third kappa shape index (κ3) is 2.99. The van der Waals surface area contributed by atoms with Crippen LogP contribution in [0.2, 0.25) is 0 Å². The molecule has 6 rings (SSSR count). The van der Waals surface area contributed by atoms with E-state index in [9.17, 15) is 9.59 Å². The Balaban J connectivity index is 1.94. The zero-order valence-electron chi connectivity index (χ0n) is 11.1. The molecule has 0 fully saturated rings. The summed E-state index contributed by atoms with van der Waals surface area (Å²) >= 11 is 0. The van der Waals surface area contributed by atoms with E-state index in [0.717, 1.165) is 22.4 Å². The summed E-state index contributed by atoms with van der Waals surface area (Å²) < 4.78 is 0. The van der Waals surface area contributed by atoms with Crippen molar-refractivity contribution in [3.05, 3.63) is 65.0 Å². The molecule has 1 aromatic carbocycles. The van der Waals surface area contributed by atoms with Crippen molar-refractivity contribution in [2.75, 3.05) is 0 Å². The minimum absolute atomic E-state index is 0.158. The summed E-state index contributed by atoms with van der Waals surface area (Å²) in [5.74, 6) is 0.339. The lowest BCUT2D eigenvalue weighted by Gasteiger charge is -2.07. The third-order valence-corrected chi connectivity index (χ3v) is 3.49. The summed E-state index contributed by atoms with van der Waals surface area (Å²) in [7, 11) is 0. The first-order valence-electron chi connectivity index (χ1n) is 6.74. The molecule has 0 atom stereocenters. The monoisotopic (exact) mass is 265 g/mol. The standard InChI is InChI=1S/C17H15NO2/c19-16-7-12-1-3-13(4-2-12)8-17(20)10-15-6-5-14(9-16)11-18-15/h1-6,11H,7-10H2. The van der Waals surface area contributed by atoms with Crippen LogP contribution < -0.4 is 0 Å². The Bertz CT molecular complexity index is 528. The van der Waals surface area contributed by atoms with Gasteiger partial charge in [-0.05, 0) is 22.8 Å². The SMILES string of the molecule is O=C1Cc2ccc(cc2)CC(=O)Cc2ccc(cn2)C1. The third-order valence-electron chi connectivity index (χ3n) is 3.49. The Morgan fingerprint density at radius 2 is 1.15 bits per heavy atom. The first kappa shape index (κ1) is 12.7. The number of benzene rings is 1. The predicted molar refractivity (Wildman–Crippen MR) is 75.5 cm³/mol. The molecule has 3 heterocycles. The lowest BCUT2D eigenvalue weighted by molar-refractivity contribution is -0.118. The number of carbonyl (C=O) groups excluding carboxylic acids is 2. The van der Waals surface area contributed by atoms with E-state index in [0.29, 0.717) is 25.7 Å². The van der Waals surface area contributed by atoms with Crippen molar-refractivity contribution in [3.8, 4) is 0 Å². The van der Waals surface area contributed by atoms with E-state index >= 15 is 0 Å². The van der Waals surface area contributed by atoms with Gasteiger partial charge in [0.25, 0.3) is 0 Å². The number of aromatic nitrogens is 1. The van der Waals surface area contributed by atoms with Crippen LogP contribution in [0.3, 0.4) is 0 Å². The van der Waals surface area contributed by atoms with Gasteiger partial charge in [-0.1, -0.05) is 30.3 Å². The number of hydrogen-bond acceptors (Lipinski definition) is 3. The molecule has 3 nitrogen and oxygen atoms in total. The van der Waals surface area contributed by atoms with Gasteiger partial charge in [-0.15, -0.1) is 0 Å². The number of hydrogen-bond donors (Lipinski definition) is 0. The molecule has 0 spiro atoms. The fourth-order valence-electron chi connectivity index (χ4n) is 2.45. The van der Waals surface area contributed by atoms with Crippen molar-refractivity contribution in [2.24, 2.45) is 0 Å². The van der Waals surface area contributed by atoms with Crippen LogP contribution in [0.4, 0.5) is 0 Å². The van der Waals surface area contributed by atoms with E-state index in [1.54, 1.807) is 6.20 Å². The van der Waals surface area contributed by atoms with E-state index in [1.165, 1.54) is 0 Å². The van der Waals surface area contributed by atoms with Gasteiger partial charge >= 0.3 is 0 Å². The van der Waals surface area contributed by atoms with Crippen LogP contribution in [0.15, 0.2) is 42.6 Å². The smallest absolute Gasteiger partial charge is 0.143 e. The fourth-order valence-corrected chi connectivity index (χ4v) is 2.45. The minimum Gasteiger partial charge on any atom is -0.299 e. The average molecular weight is 265 g/mol. The predicted octanol–water partition coefficient (Wildman–Crippen LogP) is 2.10. The summed E-state index contributed by atoms with van der Waals surface area (Å²) in [6.07, 6.45) is 3.28. The number of pyridine rings is 1. The highest BCUT2D eigenvalue weighted by molar-refractivity contribution is 5.84. The Morgan fingerprint density at radius 1 is 0.650 bits per heavy atom. The molecule has 2 aromatic rings. The van der Waals surface area contributed by atoms with E-state index in [2.05, 4.69) is 4.98 Å². The maximum atomic E-state index is 12.0. The van der Waals surface area contributed by atoms with Crippen molar-refractivity contribution in [1.82, 2.24) is 4.98 Å². The largest absolute Gasteiger partial charge is 0.299 e. The topological polar surface area (TPSA) is 47.0 Å². The molecule has 4 bridgehead atoms. The van der Waals surface area contributed by atoms with Gasteiger partial charge in [-0.25, -0.2) is 0 Å². The number of carbonyl (C=O) groups is 2. The molecule has 0 N–H and O–H groups in total. The van der Waals surface area contributed by atoms with Crippen LogP contribution in [0.1, 0.15) is 22.4 Å². The number of nitrogens with zero attached hydrogens (tertiary/aromatic N) is 1. The zero-order valence-corrected chi connectivity index (χ0v) is 11.1. The molecule has 0 saturated heterocycles. The van der Waals surface area contributed by atoms with Gasteiger partial charge in [0, 0.05) is 37.6 Å². The molecule has 4 aliphatic rings. The second-order valence-corrected chi connectivity index (χ2v) is 5.26. The van der Waals surface area contributed by atoms with Gasteiger partial charge in [0.05, 0.1) is 0 Å². The maximum absolute atomic E-state index is 12.0. The second kappa shape index (κ2) is 5.37. The van der Waals surface area contributed by atoms with Crippen molar-refractivity contribution in [3.63, 3.8) is 0 Å². The Hall–Kier alpha value is -2.29. The average Bonchev–Trinajstić information content (AvgIpc) is 2.43. The lowest BCUT2D eigenvalue weighted by Crippen LogP contribution is -2.11. The number of Topliss-reactive ketones (excluding diaryl/α,β-unsaturated/α-hetero) is 2. The van der Waals surface area contributed by atoms with Crippen LogP contribution in [-0.2, 0) is 35.3 Å². The second-order valence-electron chi connectivity index (χ2n) is 5.26. The Labute approximate surface area is 117 Å². The minimum atomic E-state index is 0.158. The molecule has 100 valence electrons. The van der Waals surface area contributed by atoms with Crippen molar-refractivity contribution >= 4 is 11.6 Å². The molecular weight excluding hydrogens is 250 g/mol. The molecule has 0 amide bonds. The van der Waals surface area contributed by atoms with Crippen LogP contribution >= 0.6 is 0 Å². The first-order chi connectivity index (χ1) is 9.69. The molecule has 0 saturated carbocycles. The Kier molecular flexibility index (Phi) is 3.42. The summed E-state index contributed by atoms with van der Waals surface area (Å²) in [6.45, 7) is 0. The summed E-state index contributed by atoms with van der Waals surface area (Å²) in [4.78, 5) is 28.3. The molecule has 20 heavy (non-hydrogen) atoms.